The average Bonchev–Trinajstić information content (AvgIpc) is 2.72. The molecule has 4 nitrogen and oxygen atoms in total. The SMILES string of the molecule is Cc1ccccc1-c1nnc2ccc(N)cn12. The van der Waals surface area contributed by atoms with Gasteiger partial charge in [0.1, 0.15) is 0 Å². The van der Waals surface area contributed by atoms with Crippen LogP contribution in [0.15, 0.2) is 42.6 Å². The summed E-state index contributed by atoms with van der Waals surface area (Å²) in [4.78, 5) is 0. The van der Waals surface area contributed by atoms with Gasteiger partial charge in [0, 0.05) is 17.4 Å². The molecule has 0 radical (unpaired) electrons. The summed E-state index contributed by atoms with van der Waals surface area (Å²) >= 11 is 0. The van der Waals surface area contributed by atoms with E-state index in [1.54, 1.807) is 0 Å². The molecule has 0 spiro atoms. The summed E-state index contributed by atoms with van der Waals surface area (Å²) in [6.45, 7) is 2.06. The van der Waals surface area contributed by atoms with Crippen LogP contribution in [0.2, 0.25) is 0 Å². The molecule has 0 saturated carbocycles. The zero-order valence-electron chi connectivity index (χ0n) is 9.46. The van der Waals surface area contributed by atoms with Gasteiger partial charge in [-0.3, -0.25) is 4.40 Å². The molecule has 0 amide bonds. The second-order valence-corrected chi connectivity index (χ2v) is 4.03. The van der Waals surface area contributed by atoms with Gasteiger partial charge in [0.15, 0.2) is 11.5 Å². The first-order chi connectivity index (χ1) is 8.25. The Hall–Kier alpha value is -2.36. The van der Waals surface area contributed by atoms with E-state index in [0.29, 0.717) is 5.69 Å². The highest BCUT2D eigenvalue weighted by atomic mass is 15.2. The molecule has 1 aromatic carbocycles. The maximum Gasteiger partial charge on any atom is 0.168 e. The molecule has 0 aliphatic rings. The Morgan fingerprint density at radius 1 is 1.06 bits per heavy atom. The van der Waals surface area contributed by atoms with Crippen LogP contribution >= 0.6 is 0 Å². The van der Waals surface area contributed by atoms with Gasteiger partial charge in [0.05, 0.1) is 0 Å². The van der Waals surface area contributed by atoms with E-state index in [2.05, 4.69) is 23.2 Å². The molecule has 2 aromatic heterocycles. The van der Waals surface area contributed by atoms with Crippen molar-refractivity contribution in [1.82, 2.24) is 14.6 Å². The Morgan fingerprint density at radius 3 is 2.71 bits per heavy atom. The summed E-state index contributed by atoms with van der Waals surface area (Å²) in [5.74, 6) is 0.824. The van der Waals surface area contributed by atoms with E-state index >= 15 is 0 Å². The van der Waals surface area contributed by atoms with Crippen molar-refractivity contribution in [3.63, 3.8) is 0 Å². The first-order valence-corrected chi connectivity index (χ1v) is 5.42. The summed E-state index contributed by atoms with van der Waals surface area (Å²) in [5.41, 5.74) is 9.54. The molecule has 0 atom stereocenters. The quantitative estimate of drug-likeness (QED) is 0.690. The summed E-state index contributed by atoms with van der Waals surface area (Å²) in [7, 11) is 0. The lowest BCUT2D eigenvalue weighted by molar-refractivity contribution is 1.11. The highest BCUT2D eigenvalue weighted by Gasteiger charge is 2.09. The lowest BCUT2D eigenvalue weighted by Crippen LogP contribution is -1.94. The van der Waals surface area contributed by atoms with E-state index in [0.717, 1.165) is 17.0 Å². The number of rotatable bonds is 1. The van der Waals surface area contributed by atoms with Crippen molar-refractivity contribution in [2.45, 2.75) is 6.92 Å². The second kappa shape index (κ2) is 3.59. The van der Waals surface area contributed by atoms with Gasteiger partial charge < -0.3 is 5.73 Å². The molecule has 0 unspecified atom stereocenters. The number of nitrogens with zero attached hydrogens (tertiary/aromatic N) is 3. The summed E-state index contributed by atoms with van der Waals surface area (Å²) in [6.07, 6.45) is 1.84. The Bertz CT molecular complexity index is 685. The highest BCUT2D eigenvalue weighted by molar-refractivity contribution is 5.64. The fraction of sp³-hybridized carbons (Fsp3) is 0.0769. The van der Waals surface area contributed by atoms with Gasteiger partial charge in [-0.2, -0.15) is 0 Å². The van der Waals surface area contributed by atoms with Crippen LogP contribution in [0.3, 0.4) is 0 Å². The highest BCUT2D eigenvalue weighted by Crippen LogP contribution is 2.22. The minimum Gasteiger partial charge on any atom is -0.398 e. The maximum atomic E-state index is 5.79. The van der Waals surface area contributed by atoms with Gasteiger partial charge in [0.2, 0.25) is 0 Å². The minimum absolute atomic E-state index is 0.701. The number of hydrogen-bond acceptors (Lipinski definition) is 3. The van der Waals surface area contributed by atoms with Gasteiger partial charge in [-0.1, -0.05) is 24.3 Å². The normalized spacial score (nSPS) is 10.9. The molecule has 0 bridgehead atoms. The van der Waals surface area contributed by atoms with Crippen molar-refractivity contribution in [3.8, 4) is 11.4 Å². The Morgan fingerprint density at radius 2 is 1.88 bits per heavy atom. The largest absolute Gasteiger partial charge is 0.398 e. The molecule has 2 N–H and O–H groups in total. The Kier molecular flexibility index (Phi) is 2.08. The lowest BCUT2D eigenvalue weighted by Gasteiger charge is -2.03. The van der Waals surface area contributed by atoms with Crippen molar-refractivity contribution in [1.29, 1.82) is 0 Å². The molecular formula is C13H12N4. The van der Waals surface area contributed by atoms with Gasteiger partial charge >= 0.3 is 0 Å². The molecule has 0 aliphatic carbocycles. The zero-order valence-corrected chi connectivity index (χ0v) is 9.46. The van der Waals surface area contributed by atoms with Crippen LogP contribution in [0.5, 0.6) is 0 Å². The predicted molar refractivity (Wildman–Crippen MR) is 67.6 cm³/mol. The predicted octanol–water partition coefficient (Wildman–Crippen LogP) is 2.29. The Labute approximate surface area is 98.7 Å². The van der Waals surface area contributed by atoms with Crippen molar-refractivity contribution in [2.75, 3.05) is 5.73 Å². The molecule has 17 heavy (non-hydrogen) atoms. The van der Waals surface area contributed by atoms with Gasteiger partial charge in [-0.05, 0) is 24.6 Å². The molecule has 0 fully saturated rings. The fourth-order valence-electron chi connectivity index (χ4n) is 1.91. The van der Waals surface area contributed by atoms with Crippen LogP contribution in [0.4, 0.5) is 5.69 Å². The molecular weight excluding hydrogens is 212 g/mol. The number of pyridine rings is 1. The van der Waals surface area contributed by atoms with E-state index in [4.69, 9.17) is 5.73 Å². The number of nitrogens with two attached hydrogens (primary N) is 1. The first kappa shape index (κ1) is 9.84. The molecule has 0 saturated heterocycles. The van der Waals surface area contributed by atoms with E-state index in [9.17, 15) is 0 Å². The van der Waals surface area contributed by atoms with Gasteiger partial charge in [-0.15, -0.1) is 10.2 Å². The lowest BCUT2D eigenvalue weighted by atomic mass is 10.1. The minimum atomic E-state index is 0.701. The summed E-state index contributed by atoms with van der Waals surface area (Å²) < 4.78 is 1.91. The smallest absolute Gasteiger partial charge is 0.168 e. The number of nitrogen functional groups attached to an aromatic ring is 1. The standard InChI is InChI=1S/C13H12N4/c1-9-4-2-3-5-11(9)13-16-15-12-7-6-10(14)8-17(12)13/h2-8H,14H2,1H3. The van der Waals surface area contributed by atoms with E-state index in [1.807, 2.05) is 40.9 Å². The molecule has 3 aromatic rings. The topological polar surface area (TPSA) is 56.2 Å². The number of fused-ring (bicyclic) bond motifs is 1. The molecule has 4 heteroatoms. The number of anilines is 1. The van der Waals surface area contributed by atoms with Crippen LogP contribution in [-0.4, -0.2) is 14.6 Å². The van der Waals surface area contributed by atoms with Gasteiger partial charge in [-0.25, -0.2) is 0 Å². The van der Waals surface area contributed by atoms with E-state index in [-0.39, 0.29) is 0 Å². The second-order valence-electron chi connectivity index (χ2n) is 4.03. The molecule has 84 valence electrons. The van der Waals surface area contributed by atoms with Crippen LogP contribution in [0.1, 0.15) is 5.56 Å². The van der Waals surface area contributed by atoms with Crippen LogP contribution in [0, 0.1) is 6.92 Å². The number of aromatic nitrogens is 3. The monoisotopic (exact) mass is 224 g/mol. The third-order valence-corrected chi connectivity index (χ3v) is 2.81. The third kappa shape index (κ3) is 1.54. The first-order valence-electron chi connectivity index (χ1n) is 5.42. The molecule has 2 heterocycles. The Balaban J connectivity index is 2.31. The van der Waals surface area contributed by atoms with E-state index in [1.165, 1.54) is 5.56 Å². The molecule has 0 aliphatic heterocycles. The van der Waals surface area contributed by atoms with Crippen LogP contribution in [0.25, 0.3) is 17.0 Å². The van der Waals surface area contributed by atoms with Crippen molar-refractivity contribution < 1.29 is 0 Å². The fourth-order valence-corrected chi connectivity index (χ4v) is 1.91. The van der Waals surface area contributed by atoms with E-state index < -0.39 is 0 Å². The number of hydrogen-bond donors (Lipinski definition) is 1. The van der Waals surface area contributed by atoms with Crippen molar-refractivity contribution in [3.05, 3.63) is 48.2 Å². The zero-order chi connectivity index (χ0) is 11.8. The number of benzene rings is 1. The van der Waals surface area contributed by atoms with Crippen molar-refractivity contribution >= 4 is 11.3 Å². The van der Waals surface area contributed by atoms with Crippen LogP contribution < -0.4 is 5.73 Å². The summed E-state index contributed by atoms with van der Waals surface area (Å²) in [5, 5.41) is 8.36. The molecule has 3 rings (SSSR count). The maximum absolute atomic E-state index is 5.79. The summed E-state index contributed by atoms with van der Waals surface area (Å²) in [6, 6.07) is 11.8. The van der Waals surface area contributed by atoms with Gasteiger partial charge in [0.25, 0.3) is 0 Å². The average molecular weight is 224 g/mol. The number of aryl methyl sites for hydroxylation is 1. The van der Waals surface area contributed by atoms with Crippen LogP contribution in [-0.2, 0) is 0 Å². The van der Waals surface area contributed by atoms with Crippen molar-refractivity contribution in [2.24, 2.45) is 0 Å². The third-order valence-electron chi connectivity index (χ3n) is 2.81.